The molecule has 0 radical (unpaired) electrons. The van der Waals surface area contributed by atoms with Crippen LogP contribution in [0, 0.1) is 5.82 Å². The summed E-state index contributed by atoms with van der Waals surface area (Å²) in [6, 6.07) is 13.9. The molecule has 0 spiro atoms. The molecule has 1 aromatic carbocycles. The third-order valence-corrected chi connectivity index (χ3v) is 8.76. The second-order valence-electron chi connectivity index (χ2n) is 11.2. The van der Waals surface area contributed by atoms with Crippen LogP contribution >= 0.6 is 11.6 Å². The fourth-order valence-corrected chi connectivity index (χ4v) is 6.49. The zero-order valence-corrected chi connectivity index (χ0v) is 21.4. The number of anilines is 1. The lowest BCUT2D eigenvalue weighted by Gasteiger charge is -2.24. The Bertz CT molecular complexity index is 1710. The van der Waals surface area contributed by atoms with Gasteiger partial charge in [-0.1, -0.05) is 29.8 Å². The summed E-state index contributed by atoms with van der Waals surface area (Å²) in [6.45, 7) is 0.458. The number of aliphatic hydroxyl groups excluding tert-OH is 1. The third-order valence-electron chi connectivity index (χ3n) is 8.53. The molecule has 4 atom stereocenters. The van der Waals surface area contributed by atoms with Crippen molar-refractivity contribution in [1.29, 1.82) is 0 Å². The molecule has 1 aliphatic heterocycles. The topological polar surface area (TPSA) is 69.5 Å². The number of H-pyrrole nitrogens is 1. The van der Waals surface area contributed by atoms with Crippen LogP contribution in [0.4, 0.5) is 10.2 Å². The quantitative estimate of drug-likeness (QED) is 0.275. The number of halogens is 2. The van der Waals surface area contributed by atoms with Gasteiger partial charge in [0.25, 0.3) is 0 Å². The monoisotopic (exact) mass is 527 g/mol. The Morgan fingerprint density at radius 1 is 1.03 bits per heavy atom. The molecule has 5 heterocycles. The molecule has 192 valence electrons. The number of β-amino-alcohol motifs (C(OH)–C–C–N with tert-alkyl or cyclic N) is 1. The van der Waals surface area contributed by atoms with Crippen LogP contribution in [0.15, 0.2) is 61.1 Å². The molecule has 8 rings (SSSR count). The van der Waals surface area contributed by atoms with Gasteiger partial charge in [0.15, 0.2) is 5.82 Å². The predicted octanol–water partition coefficient (Wildman–Crippen LogP) is 6.46. The van der Waals surface area contributed by atoms with Gasteiger partial charge >= 0.3 is 0 Å². The van der Waals surface area contributed by atoms with Crippen molar-refractivity contribution < 1.29 is 9.50 Å². The molecule has 0 amide bonds. The summed E-state index contributed by atoms with van der Waals surface area (Å²) in [4.78, 5) is 15.0. The van der Waals surface area contributed by atoms with Gasteiger partial charge < -0.3 is 19.4 Å². The van der Waals surface area contributed by atoms with E-state index in [4.69, 9.17) is 16.6 Å². The fourth-order valence-electron chi connectivity index (χ4n) is 6.29. The number of fused-ring (bicyclic) bond motifs is 2. The second kappa shape index (κ2) is 8.29. The number of hydrogen-bond donors (Lipinski definition) is 2. The van der Waals surface area contributed by atoms with E-state index < -0.39 is 6.10 Å². The van der Waals surface area contributed by atoms with E-state index in [1.165, 1.54) is 18.4 Å². The first-order chi connectivity index (χ1) is 18.5. The lowest BCUT2D eigenvalue weighted by atomic mass is 10.1. The maximum Gasteiger partial charge on any atom is 0.153 e. The predicted molar refractivity (Wildman–Crippen MR) is 145 cm³/mol. The van der Waals surface area contributed by atoms with Gasteiger partial charge in [-0.05, 0) is 60.4 Å². The van der Waals surface area contributed by atoms with Crippen molar-refractivity contribution in [2.24, 2.45) is 0 Å². The SMILES string of the molecule is O[C@H]1C[C@H](c2cn3cc(C4CC4)ccc3n2)N(c2cc3[nH]c([C@H]4C[C@@H]4c4cccc(Cl)c4)c(F)c3cn2)C1. The Hall–Kier alpha value is -3.42. The number of aliphatic hydroxyl groups is 1. The Morgan fingerprint density at radius 2 is 1.92 bits per heavy atom. The maximum atomic E-state index is 15.4. The van der Waals surface area contributed by atoms with Crippen molar-refractivity contribution in [3.8, 4) is 0 Å². The minimum absolute atomic E-state index is 0.101. The van der Waals surface area contributed by atoms with E-state index in [0.29, 0.717) is 40.8 Å². The lowest BCUT2D eigenvalue weighted by Crippen LogP contribution is -2.25. The molecule has 0 bridgehead atoms. The summed E-state index contributed by atoms with van der Waals surface area (Å²) in [5.74, 6) is 1.53. The fraction of sp³-hybridized carbons (Fsp3) is 0.333. The molecule has 2 saturated carbocycles. The zero-order valence-electron chi connectivity index (χ0n) is 20.7. The van der Waals surface area contributed by atoms with Crippen LogP contribution < -0.4 is 4.90 Å². The van der Waals surface area contributed by atoms with Crippen LogP contribution in [-0.4, -0.2) is 37.1 Å². The highest BCUT2D eigenvalue weighted by atomic mass is 35.5. The standard InChI is InChI=1S/C30H27ClFN5O/c31-19-3-1-2-17(8-19)21-10-22(21)30-29(32)23-12-33-28(11-24(23)35-30)37-14-20(38)9-26(37)25-15-36-13-18(16-4-5-16)6-7-27(36)34-25/h1-3,6-8,11-13,15-16,20-22,26,35,38H,4-5,9-10,14H2/t20-,21+,22-,26+/m0/s1. The van der Waals surface area contributed by atoms with E-state index in [-0.39, 0.29) is 23.7 Å². The molecule has 3 aliphatic rings. The van der Waals surface area contributed by atoms with Gasteiger partial charge in [-0.2, -0.15) is 0 Å². The van der Waals surface area contributed by atoms with Gasteiger partial charge in [-0.3, -0.25) is 0 Å². The molecule has 3 fully saturated rings. The van der Waals surface area contributed by atoms with Crippen LogP contribution in [-0.2, 0) is 0 Å². The number of benzene rings is 1. The average molecular weight is 528 g/mol. The van der Waals surface area contributed by atoms with E-state index >= 15 is 4.39 Å². The van der Waals surface area contributed by atoms with E-state index in [1.807, 2.05) is 24.3 Å². The van der Waals surface area contributed by atoms with Crippen LogP contribution in [0.25, 0.3) is 16.6 Å². The molecule has 38 heavy (non-hydrogen) atoms. The highest BCUT2D eigenvalue weighted by molar-refractivity contribution is 6.30. The first-order valence-electron chi connectivity index (χ1n) is 13.4. The van der Waals surface area contributed by atoms with E-state index in [0.717, 1.165) is 28.8 Å². The van der Waals surface area contributed by atoms with Gasteiger partial charge in [0.05, 0.1) is 34.4 Å². The summed E-state index contributed by atoms with van der Waals surface area (Å²) >= 11 is 6.18. The van der Waals surface area contributed by atoms with Crippen molar-refractivity contribution in [3.05, 3.63) is 94.4 Å². The number of rotatable bonds is 5. The molecule has 2 N–H and O–H groups in total. The second-order valence-corrected chi connectivity index (χ2v) is 11.6. The van der Waals surface area contributed by atoms with Crippen molar-refractivity contribution in [3.63, 3.8) is 0 Å². The number of pyridine rings is 2. The van der Waals surface area contributed by atoms with Gasteiger partial charge in [0, 0.05) is 48.6 Å². The molecule has 6 nitrogen and oxygen atoms in total. The van der Waals surface area contributed by atoms with Crippen molar-refractivity contribution >= 4 is 34.0 Å². The molecular formula is C30H27ClFN5O. The van der Waals surface area contributed by atoms with Crippen molar-refractivity contribution in [2.45, 2.75) is 55.6 Å². The average Bonchev–Trinajstić information content (AvgIpc) is 3.81. The highest BCUT2D eigenvalue weighted by Gasteiger charge is 2.43. The molecule has 2 aliphatic carbocycles. The smallest absolute Gasteiger partial charge is 0.153 e. The molecule has 1 saturated heterocycles. The highest BCUT2D eigenvalue weighted by Crippen LogP contribution is 2.55. The minimum atomic E-state index is -0.481. The number of aromatic amines is 1. The Balaban J connectivity index is 1.10. The van der Waals surface area contributed by atoms with Gasteiger partial charge in [0.1, 0.15) is 11.5 Å². The normalized spacial score (nSPS) is 25.1. The number of nitrogens with one attached hydrogen (secondary N) is 1. The molecule has 4 aromatic heterocycles. The molecule has 5 aromatic rings. The van der Waals surface area contributed by atoms with Crippen LogP contribution in [0.5, 0.6) is 0 Å². The first kappa shape index (κ1) is 22.6. The van der Waals surface area contributed by atoms with Crippen LogP contribution in [0.2, 0.25) is 5.02 Å². The summed E-state index contributed by atoms with van der Waals surface area (Å²) in [6.07, 6.45) is 9.37. The molecule has 8 heteroatoms. The Morgan fingerprint density at radius 3 is 2.76 bits per heavy atom. The minimum Gasteiger partial charge on any atom is -0.391 e. The molecular weight excluding hydrogens is 501 g/mol. The summed E-state index contributed by atoms with van der Waals surface area (Å²) in [5.41, 5.74) is 5.68. The van der Waals surface area contributed by atoms with E-state index in [2.05, 4.69) is 49.9 Å². The Kier molecular flexibility index (Phi) is 4.92. The van der Waals surface area contributed by atoms with Gasteiger partial charge in [-0.25, -0.2) is 14.4 Å². The summed E-state index contributed by atoms with van der Waals surface area (Å²) in [5, 5.41) is 11.8. The number of nitrogens with zero attached hydrogens (tertiary/aromatic N) is 4. The summed E-state index contributed by atoms with van der Waals surface area (Å²) in [7, 11) is 0. The molecule has 0 unspecified atom stereocenters. The van der Waals surface area contributed by atoms with E-state index in [9.17, 15) is 5.11 Å². The first-order valence-corrected chi connectivity index (χ1v) is 13.8. The lowest BCUT2D eigenvalue weighted by molar-refractivity contribution is 0.194. The number of imidazole rings is 1. The van der Waals surface area contributed by atoms with Crippen LogP contribution in [0.1, 0.15) is 72.0 Å². The number of aromatic nitrogens is 4. The van der Waals surface area contributed by atoms with E-state index in [1.54, 1.807) is 6.20 Å². The largest absolute Gasteiger partial charge is 0.391 e. The third kappa shape index (κ3) is 3.71. The Labute approximate surface area is 224 Å². The van der Waals surface area contributed by atoms with Gasteiger partial charge in [-0.15, -0.1) is 0 Å². The van der Waals surface area contributed by atoms with Gasteiger partial charge in [0.2, 0.25) is 0 Å². The maximum absolute atomic E-state index is 15.4. The van der Waals surface area contributed by atoms with Crippen LogP contribution in [0.3, 0.4) is 0 Å². The summed E-state index contributed by atoms with van der Waals surface area (Å²) < 4.78 is 17.5. The zero-order chi connectivity index (χ0) is 25.5. The number of hydrogen-bond acceptors (Lipinski definition) is 4. The van der Waals surface area contributed by atoms with Crippen molar-refractivity contribution in [1.82, 2.24) is 19.4 Å². The van der Waals surface area contributed by atoms with Crippen molar-refractivity contribution in [2.75, 3.05) is 11.4 Å².